The van der Waals surface area contributed by atoms with Crippen molar-refractivity contribution in [1.82, 2.24) is 10.6 Å². The van der Waals surface area contributed by atoms with Gasteiger partial charge in [0.05, 0.1) is 0 Å². The van der Waals surface area contributed by atoms with Gasteiger partial charge in [-0.2, -0.15) is 0 Å². The number of benzene rings is 2. The Kier molecular flexibility index (Phi) is 15.8. The Balaban J connectivity index is 1.16. The summed E-state index contributed by atoms with van der Waals surface area (Å²) in [5.41, 5.74) is 4.17. The molecule has 1 aliphatic rings. The van der Waals surface area contributed by atoms with Gasteiger partial charge in [0.25, 0.3) is 0 Å². The zero-order chi connectivity index (χ0) is 33.2. The van der Waals surface area contributed by atoms with Crippen molar-refractivity contribution in [3.05, 3.63) is 59.7 Å². The van der Waals surface area contributed by atoms with Crippen LogP contribution in [0.5, 0.6) is 0 Å². The number of rotatable bonds is 21. The van der Waals surface area contributed by atoms with Gasteiger partial charge in [-0.15, -0.1) is 0 Å². The molecular formula is C38H54N2O6. The van der Waals surface area contributed by atoms with Gasteiger partial charge in [0.2, 0.25) is 5.91 Å². The van der Waals surface area contributed by atoms with Gasteiger partial charge in [0.15, 0.2) is 0 Å². The number of alkyl carbamates (subject to hydrolysis) is 1. The number of unbranched alkanes of at least 4 members (excludes halogenated alkanes) is 11. The van der Waals surface area contributed by atoms with E-state index in [-0.39, 0.29) is 30.9 Å². The summed E-state index contributed by atoms with van der Waals surface area (Å²) in [4.78, 5) is 48.0. The maximum atomic E-state index is 12.4. The van der Waals surface area contributed by atoms with E-state index in [1.165, 1.54) is 44.9 Å². The topological polar surface area (TPSA) is 111 Å². The molecular weight excluding hydrogens is 580 g/mol. The molecule has 2 N–H and O–H groups in total. The number of hydrogen-bond acceptors (Lipinski definition) is 6. The number of nitrogens with one attached hydrogen (secondary N) is 2. The van der Waals surface area contributed by atoms with E-state index < -0.39 is 17.7 Å². The Labute approximate surface area is 275 Å². The van der Waals surface area contributed by atoms with E-state index in [9.17, 15) is 19.2 Å². The maximum absolute atomic E-state index is 12.4. The van der Waals surface area contributed by atoms with Crippen LogP contribution >= 0.6 is 0 Å². The molecule has 0 aromatic heterocycles. The highest BCUT2D eigenvalue weighted by atomic mass is 16.6. The number of carbonyl (C=O) groups is 4. The second-order valence-electron chi connectivity index (χ2n) is 13.3. The van der Waals surface area contributed by atoms with Gasteiger partial charge in [0, 0.05) is 25.3 Å². The molecule has 2 amide bonds. The third-order valence-corrected chi connectivity index (χ3v) is 8.28. The summed E-state index contributed by atoms with van der Waals surface area (Å²) in [6, 6.07) is 15.5. The Morgan fingerprint density at radius 2 is 1.22 bits per heavy atom. The minimum absolute atomic E-state index is 0.0159. The quantitative estimate of drug-likeness (QED) is 0.0818. The minimum Gasteiger partial charge on any atom is -0.460 e. The van der Waals surface area contributed by atoms with Crippen LogP contribution < -0.4 is 10.6 Å². The molecule has 0 saturated carbocycles. The summed E-state index contributed by atoms with van der Waals surface area (Å²) in [6.45, 7) is 5.87. The minimum atomic E-state index is -0.794. The monoisotopic (exact) mass is 634 g/mol. The molecule has 0 heterocycles. The van der Waals surface area contributed by atoms with Gasteiger partial charge in [-0.25, -0.2) is 4.79 Å². The molecule has 8 heteroatoms. The van der Waals surface area contributed by atoms with Crippen molar-refractivity contribution in [2.24, 2.45) is 0 Å². The van der Waals surface area contributed by atoms with E-state index in [0.717, 1.165) is 54.4 Å². The Bertz CT molecular complexity index is 1210. The van der Waals surface area contributed by atoms with Gasteiger partial charge >= 0.3 is 12.1 Å². The van der Waals surface area contributed by atoms with Gasteiger partial charge in [-0.3, -0.25) is 9.59 Å². The first-order valence-corrected chi connectivity index (χ1v) is 17.2. The first-order chi connectivity index (χ1) is 22.2. The number of fused-ring (bicyclic) bond motifs is 3. The zero-order valence-electron chi connectivity index (χ0n) is 28.1. The summed E-state index contributed by atoms with van der Waals surface area (Å²) in [7, 11) is 0. The van der Waals surface area contributed by atoms with Crippen LogP contribution in [0.3, 0.4) is 0 Å². The van der Waals surface area contributed by atoms with Gasteiger partial charge in [-0.1, -0.05) is 113 Å². The summed E-state index contributed by atoms with van der Waals surface area (Å²) in [5, 5.41) is 5.32. The SMILES string of the molecule is CC(C)(C)OC(=O)CCCCCCCCCCCCCCC(=O)NC(C=O)CNC(=O)OCC1c2ccccc2-c2ccccc21. The lowest BCUT2D eigenvalue weighted by molar-refractivity contribution is -0.154. The molecule has 1 aliphatic carbocycles. The fourth-order valence-corrected chi connectivity index (χ4v) is 5.97. The van der Waals surface area contributed by atoms with Crippen molar-refractivity contribution in [2.45, 2.75) is 128 Å². The first kappa shape index (κ1) is 36.8. The molecule has 2 aromatic rings. The Morgan fingerprint density at radius 1 is 0.739 bits per heavy atom. The van der Waals surface area contributed by atoms with Crippen molar-refractivity contribution in [3.63, 3.8) is 0 Å². The lowest BCUT2D eigenvalue weighted by Crippen LogP contribution is -2.44. The fourth-order valence-electron chi connectivity index (χ4n) is 5.97. The van der Waals surface area contributed by atoms with E-state index in [4.69, 9.17) is 9.47 Å². The van der Waals surface area contributed by atoms with E-state index >= 15 is 0 Å². The molecule has 0 fully saturated rings. The third kappa shape index (κ3) is 13.4. The lowest BCUT2D eigenvalue weighted by Gasteiger charge is -2.19. The summed E-state index contributed by atoms with van der Waals surface area (Å²) >= 11 is 0. The van der Waals surface area contributed by atoms with E-state index in [2.05, 4.69) is 34.9 Å². The predicted octanol–water partition coefficient (Wildman–Crippen LogP) is 8.01. The van der Waals surface area contributed by atoms with Crippen molar-refractivity contribution in [3.8, 4) is 11.1 Å². The molecule has 3 rings (SSSR count). The lowest BCUT2D eigenvalue weighted by atomic mass is 9.98. The molecule has 0 radical (unpaired) electrons. The van der Waals surface area contributed by atoms with Crippen LogP contribution in [-0.4, -0.2) is 49.1 Å². The van der Waals surface area contributed by atoms with Crippen LogP contribution in [0.1, 0.15) is 128 Å². The molecule has 0 bridgehead atoms. The zero-order valence-corrected chi connectivity index (χ0v) is 28.1. The normalized spacial score (nSPS) is 12.9. The van der Waals surface area contributed by atoms with Crippen LogP contribution in [0, 0.1) is 0 Å². The second-order valence-corrected chi connectivity index (χ2v) is 13.3. The Hall–Kier alpha value is -3.68. The van der Waals surface area contributed by atoms with Crippen LogP contribution in [-0.2, 0) is 23.9 Å². The molecule has 46 heavy (non-hydrogen) atoms. The number of esters is 1. The molecule has 0 aliphatic heterocycles. The van der Waals surface area contributed by atoms with Crippen molar-refractivity contribution in [2.75, 3.05) is 13.2 Å². The third-order valence-electron chi connectivity index (χ3n) is 8.28. The summed E-state index contributed by atoms with van der Waals surface area (Å²) in [6.07, 6.45) is 14.2. The van der Waals surface area contributed by atoms with Gasteiger partial charge in [0.1, 0.15) is 24.5 Å². The highest BCUT2D eigenvalue weighted by molar-refractivity contribution is 5.80. The average Bonchev–Trinajstić information content (AvgIpc) is 3.34. The average molecular weight is 635 g/mol. The number of amides is 2. The smallest absolute Gasteiger partial charge is 0.407 e. The molecule has 2 aromatic carbocycles. The number of aldehydes is 1. The Morgan fingerprint density at radius 3 is 1.72 bits per heavy atom. The molecule has 1 unspecified atom stereocenters. The molecule has 0 saturated heterocycles. The number of hydrogen-bond donors (Lipinski definition) is 2. The van der Waals surface area contributed by atoms with Gasteiger partial charge in [-0.05, 0) is 55.9 Å². The van der Waals surface area contributed by atoms with E-state index in [1.54, 1.807) is 0 Å². The standard InChI is InChI=1S/C38H54N2O6/c1-38(2,3)46-36(43)25-15-13-11-9-7-5-4-6-8-10-12-14-24-35(42)40-29(27-41)26-39-37(44)45-28-34-32-22-18-16-20-30(32)31-21-17-19-23-33(31)34/h16-23,27,29,34H,4-15,24-26,28H2,1-3H3,(H,39,44)(H,40,42). The largest absolute Gasteiger partial charge is 0.460 e. The summed E-state index contributed by atoms with van der Waals surface area (Å²) < 4.78 is 10.9. The van der Waals surface area contributed by atoms with E-state index in [0.29, 0.717) is 19.1 Å². The molecule has 8 nitrogen and oxygen atoms in total. The highest BCUT2D eigenvalue weighted by Gasteiger charge is 2.29. The van der Waals surface area contributed by atoms with Crippen molar-refractivity contribution >= 4 is 24.3 Å². The fraction of sp³-hybridized carbons (Fsp3) is 0.579. The highest BCUT2D eigenvalue weighted by Crippen LogP contribution is 2.44. The molecule has 252 valence electrons. The number of carbonyl (C=O) groups excluding carboxylic acids is 4. The van der Waals surface area contributed by atoms with Crippen LogP contribution in [0.2, 0.25) is 0 Å². The van der Waals surface area contributed by atoms with Crippen molar-refractivity contribution in [1.29, 1.82) is 0 Å². The van der Waals surface area contributed by atoms with E-state index in [1.807, 2.05) is 45.0 Å². The maximum Gasteiger partial charge on any atom is 0.407 e. The van der Waals surface area contributed by atoms with Crippen LogP contribution in [0.15, 0.2) is 48.5 Å². The van der Waals surface area contributed by atoms with Crippen LogP contribution in [0.4, 0.5) is 4.79 Å². The first-order valence-electron chi connectivity index (χ1n) is 17.2. The molecule has 1 atom stereocenters. The second kappa shape index (κ2) is 19.7. The number of ether oxygens (including phenoxy) is 2. The van der Waals surface area contributed by atoms with Crippen LogP contribution in [0.25, 0.3) is 11.1 Å². The predicted molar refractivity (Wildman–Crippen MR) is 182 cm³/mol. The van der Waals surface area contributed by atoms with Crippen molar-refractivity contribution < 1.29 is 28.7 Å². The summed E-state index contributed by atoms with van der Waals surface area (Å²) in [5.74, 6) is -0.323. The van der Waals surface area contributed by atoms with Gasteiger partial charge < -0.3 is 24.9 Å². The molecule has 0 spiro atoms.